The Morgan fingerprint density at radius 3 is 1.07 bits per heavy atom. The van der Waals surface area contributed by atoms with Crippen LogP contribution in [0.4, 0.5) is 0 Å². The van der Waals surface area contributed by atoms with Crippen LogP contribution in [0, 0.1) is 0 Å². The Morgan fingerprint density at radius 1 is 0.533 bits per heavy atom. The van der Waals surface area contributed by atoms with Gasteiger partial charge in [-0.15, -0.1) is 0 Å². The van der Waals surface area contributed by atoms with Crippen LogP contribution >= 0.6 is 0 Å². The van der Waals surface area contributed by atoms with Crippen molar-refractivity contribution in [3.63, 3.8) is 0 Å². The summed E-state index contributed by atoms with van der Waals surface area (Å²) in [6, 6.07) is 9.15. The topological polar surface area (TPSA) is 161 Å². The number of hydrogen-bond acceptors (Lipinski definition) is 8. The highest BCUT2D eigenvalue weighted by atomic mass is 16.6. The van der Waals surface area contributed by atoms with Gasteiger partial charge in [-0.25, -0.2) is 28.8 Å². The van der Waals surface area contributed by atoms with Crippen LogP contribution in [0.15, 0.2) is 60.7 Å². The molecule has 0 unspecified atom stereocenters. The maximum absolute atomic E-state index is 11.8. The predicted molar refractivity (Wildman–Crippen MR) is 96.8 cm³/mol. The van der Waals surface area contributed by atoms with E-state index in [0.29, 0.717) is 12.2 Å². The van der Waals surface area contributed by atoms with Crippen LogP contribution in [0.1, 0.15) is 41.4 Å². The van der Waals surface area contributed by atoms with E-state index in [1.807, 2.05) is 0 Å². The van der Waals surface area contributed by atoms with Crippen molar-refractivity contribution in [2.24, 2.45) is 0 Å². The minimum atomic E-state index is -1.22. The maximum atomic E-state index is 11.8. The van der Waals surface area contributed by atoms with Gasteiger partial charge in [-0.2, -0.15) is 0 Å². The van der Waals surface area contributed by atoms with E-state index in [0.717, 1.165) is 48.5 Å². The van der Waals surface area contributed by atoms with E-state index in [2.05, 4.69) is 9.47 Å². The molecule has 2 aromatic carbocycles. The summed E-state index contributed by atoms with van der Waals surface area (Å²) in [6.07, 6.45) is 1.12. The molecule has 0 aliphatic rings. The smallest absolute Gasteiger partial charge is 0.346 e. The summed E-state index contributed by atoms with van der Waals surface area (Å²) in [5.41, 5.74) is -0.320. The molecule has 0 saturated carbocycles. The highest BCUT2D eigenvalue weighted by Gasteiger charge is 2.15. The third-order valence-electron chi connectivity index (χ3n) is 3.48. The lowest BCUT2D eigenvalue weighted by molar-refractivity contribution is -0.135. The summed E-state index contributed by atoms with van der Waals surface area (Å²) < 4.78 is 8.90. The number of aromatic carboxylic acids is 2. The number of carbonyl (C=O) groups excluding carboxylic acids is 4. The van der Waals surface area contributed by atoms with E-state index in [-0.39, 0.29) is 22.3 Å². The average Bonchev–Trinajstić information content (AvgIpc) is 2.72. The first-order valence-corrected chi connectivity index (χ1v) is 8.04. The zero-order chi connectivity index (χ0) is 22.3. The molecular formula is C20H12O10. The van der Waals surface area contributed by atoms with Gasteiger partial charge in [0.1, 0.15) is 0 Å². The SMILES string of the molecule is O=C(C=CC(=O)OC(=O)c1ccc(C(=O)O)cc1)OC(=O)c1ccc(C(=O)O)cc1. The molecule has 0 bridgehead atoms. The van der Waals surface area contributed by atoms with E-state index < -0.39 is 35.8 Å². The van der Waals surface area contributed by atoms with Gasteiger partial charge in [-0.1, -0.05) is 0 Å². The van der Waals surface area contributed by atoms with Gasteiger partial charge in [-0.05, 0) is 48.5 Å². The normalized spacial score (nSPS) is 10.3. The molecule has 0 atom stereocenters. The summed E-state index contributed by atoms with van der Waals surface area (Å²) in [5.74, 6) is -7.00. The highest BCUT2D eigenvalue weighted by Crippen LogP contribution is 2.08. The van der Waals surface area contributed by atoms with Crippen LogP contribution in [0.5, 0.6) is 0 Å². The summed E-state index contributed by atoms with van der Waals surface area (Å²) in [4.78, 5) is 68.2. The molecule has 0 aromatic heterocycles. The highest BCUT2D eigenvalue weighted by molar-refractivity contribution is 6.04. The second-order valence-electron chi connectivity index (χ2n) is 5.52. The minimum Gasteiger partial charge on any atom is -0.478 e. The Balaban J connectivity index is 1.89. The van der Waals surface area contributed by atoms with Crippen molar-refractivity contribution in [2.75, 3.05) is 0 Å². The lowest BCUT2D eigenvalue weighted by Gasteiger charge is -2.02. The van der Waals surface area contributed by atoms with E-state index >= 15 is 0 Å². The molecule has 0 saturated heterocycles. The standard InChI is InChI=1S/C20H12O10/c21-15(29-19(27)13-5-1-11(2-6-13)17(23)24)9-10-16(22)30-20(28)14-7-3-12(4-8-14)18(25)26/h1-10H,(H,23,24)(H,25,26). The monoisotopic (exact) mass is 412 g/mol. The molecule has 0 radical (unpaired) electrons. The quantitative estimate of drug-likeness (QED) is 0.406. The molecule has 2 rings (SSSR count). The fraction of sp³-hybridized carbons (Fsp3) is 0. The molecule has 152 valence electrons. The molecule has 0 heterocycles. The summed E-state index contributed by atoms with van der Waals surface area (Å²) in [5, 5.41) is 17.6. The van der Waals surface area contributed by atoms with Gasteiger partial charge in [0.15, 0.2) is 0 Å². The fourth-order valence-electron chi connectivity index (χ4n) is 2.00. The Hall–Kier alpha value is -4.60. The molecule has 10 heteroatoms. The van der Waals surface area contributed by atoms with Gasteiger partial charge in [-0.3, -0.25) is 0 Å². The largest absolute Gasteiger partial charge is 0.478 e. The second kappa shape index (κ2) is 9.55. The number of ether oxygens (including phenoxy) is 2. The zero-order valence-electron chi connectivity index (χ0n) is 14.9. The fourth-order valence-corrected chi connectivity index (χ4v) is 2.00. The third-order valence-corrected chi connectivity index (χ3v) is 3.48. The Kier molecular flexibility index (Phi) is 6.91. The minimum absolute atomic E-state index is 0.0669. The average molecular weight is 412 g/mol. The van der Waals surface area contributed by atoms with E-state index in [4.69, 9.17) is 10.2 Å². The number of hydrogen-bond donors (Lipinski definition) is 2. The predicted octanol–water partition coefficient (Wildman–Crippen LogP) is 1.71. The molecule has 30 heavy (non-hydrogen) atoms. The van der Waals surface area contributed by atoms with Gasteiger partial charge in [0.2, 0.25) is 0 Å². The van der Waals surface area contributed by atoms with Gasteiger partial charge in [0, 0.05) is 12.2 Å². The lowest BCUT2D eigenvalue weighted by Crippen LogP contribution is -2.13. The van der Waals surface area contributed by atoms with Crippen LogP contribution < -0.4 is 0 Å². The number of rotatable bonds is 6. The van der Waals surface area contributed by atoms with Crippen molar-refractivity contribution in [1.82, 2.24) is 0 Å². The van der Waals surface area contributed by atoms with Crippen LogP contribution in [0.2, 0.25) is 0 Å². The van der Waals surface area contributed by atoms with Crippen LogP contribution in [-0.2, 0) is 19.1 Å². The molecule has 0 aliphatic carbocycles. The third kappa shape index (κ3) is 5.96. The number of carboxylic acids is 2. The van der Waals surface area contributed by atoms with Crippen molar-refractivity contribution < 1.29 is 48.5 Å². The van der Waals surface area contributed by atoms with Gasteiger partial charge >= 0.3 is 35.8 Å². The number of benzene rings is 2. The van der Waals surface area contributed by atoms with E-state index in [1.165, 1.54) is 0 Å². The van der Waals surface area contributed by atoms with Gasteiger partial charge in [0.05, 0.1) is 22.3 Å². The molecule has 2 N–H and O–H groups in total. The van der Waals surface area contributed by atoms with Crippen molar-refractivity contribution in [1.29, 1.82) is 0 Å². The first-order chi connectivity index (χ1) is 14.2. The molecule has 0 spiro atoms. The molecule has 10 nitrogen and oxygen atoms in total. The van der Waals surface area contributed by atoms with Crippen molar-refractivity contribution in [3.8, 4) is 0 Å². The van der Waals surface area contributed by atoms with Crippen LogP contribution in [0.25, 0.3) is 0 Å². The van der Waals surface area contributed by atoms with Crippen LogP contribution in [0.3, 0.4) is 0 Å². The number of carbonyl (C=O) groups is 6. The van der Waals surface area contributed by atoms with Crippen molar-refractivity contribution in [2.45, 2.75) is 0 Å². The number of esters is 4. The summed E-state index contributed by atoms with van der Waals surface area (Å²) in [7, 11) is 0. The van der Waals surface area contributed by atoms with Gasteiger partial charge < -0.3 is 19.7 Å². The zero-order valence-corrected chi connectivity index (χ0v) is 14.9. The number of carboxylic acid groups (broad SMARTS) is 2. The van der Waals surface area contributed by atoms with Crippen LogP contribution in [-0.4, -0.2) is 46.0 Å². The summed E-state index contributed by atoms with van der Waals surface area (Å²) in [6.45, 7) is 0. The molecule has 0 aliphatic heterocycles. The molecule has 0 fully saturated rings. The Labute approximate surface area is 168 Å². The first-order valence-electron chi connectivity index (χ1n) is 8.04. The first kappa shape index (κ1) is 21.7. The van der Waals surface area contributed by atoms with E-state index in [9.17, 15) is 28.8 Å². The van der Waals surface area contributed by atoms with Gasteiger partial charge in [0.25, 0.3) is 0 Å². The molecule has 2 aromatic rings. The summed E-state index contributed by atoms with van der Waals surface area (Å²) >= 11 is 0. The lowest BCUT2D eigenvalue weighted by atomic mass is 10.1. The Morgan fingerprint density at radius 2 is 0.800 bits per heavy atom. The maximum Gasteiger partial charge on any atom is 0.346 e. The Bertz CT molecular complexity index is 960. The second-order valence-corrected chi connectivity index (χ2v) is 5.52. The van der Waals surface area contributed by atoms with E-state index in [1.54, 1.807) is 0 Å². The molecular weight excluding hydrogens is 400 g/mol. The van der Waals surface area contributed by atoms with Crippen molar-refractivity contribution >= 4 is 35.8 Å². The van der Waals surface area contributed by atoms with Crippen molar-refractivity contribution in [3.05, 3.63) is 82.9 Å². The molecule has 0 amide bonds.